The molecule has 0 saturated carbocycles. The van der Waals surface area contributed by atoms with Gasteiger partial charge in [-0.3, -0.25) is 14.5 Å². The second kappa shape index (κ2) is 12.2. The van der Waals surface area contributed by atoms with E-state index in [9.17, 15) is 9.59 Å². The number of anilines is 1. The highest BCUT2D eigenvalue weighted by atomic mass is 32.2. The minimum atomic E-state index is -0.0104. The van der Waals surface area contributed by atoms with Crippen LogP contribution in [0.25, 0.3) is 6.08 Å². The lowest BCUT2D eigenvalue weighted by atomic mass is 10.1. The maximum atomic E-state index is 13.7. The number of fused-ring (bicyclic) bond motifs is 1. The first kappa shape index (κ1) is 27.1. The standard InChI is InChI=1S/C35H33N3O2S/c1-26-8-7-11-29(22-26)25-38-31-12-5-6-13-32(31)41-33(35(38)40)23-27-14-16-30(17-15-27)34(39)37-20-18-36(19-21-37)24-28-9-3-2-4-10-28/h2-17,22-23H,18-21,24-25H2,1H3. The number of para-hydroxylation sites is 1. The number of aryl methyl sites for hydroxylation is 1. The molecule has 0 bridgehead atoms. The summed E-state index contributed by atoms with van der Waals surface area (Å²) in [5, 5.41) is 0. The molecule has 0 N–H and O–H groups in total. The van der Waals surface area contributed by atoms with E-state index in [1.165, 1.54) is 22.9 Å². The molecule has 1 saturated heterocycles. The number of amides is 2. The van der Waals surface area contributed by atoms with Crippen LogP contribution in [0, 0.1) is 6.92 Å². The largest absolute Gasteiger partial charge is 0.336 e. The number of piperazine rings is 1. The van der Waals surface area contributed by atoms with Gasteiger partial charge in [-0.15, -0.1) is 0 Å². The summed E-state index contributed by atoms with van der Waals surface area (Å²) in [5.74, 6) is 0.0497. The summed E-state index contributed by atoms with van der Waals surface area (Å²) in [6, 6.07) is 34.4. The molecule has 0 aromatic heterocycles. The van der Waals surface area contributed by atoms with Crippen LogP contribution in [0.4, 0.5) is 5.69 Å². The third-order valence-electron chi connectivity index (χ3n) is 7.62. The summed E-state index contributed by atoms with van der Waals surface area (Å²) >= 11 is 1.50. The Morgan fingerprint density at radius 2 is 1.49 bits per heavy atom. The zero-order valence-electron chi connectivity index (χ0n) is 23.2. The number of hydrogen-bond donors (Lipinski definition) is 0. The van der Waals surface area contributed by atoms with Crippen LogP contribution in [0.1, 0.15) is 32.6 Å². The average Bonchev–Trinajstić information content (AvgIpc) is 3.00. The molecule has 1 fully saturated rings. The van der Waals surface area contributed by atoms with Crippen LogP contribution in [0.5, 0.6) is 0 Å². The predicted molar refractivity (Wildman–Crippen MR) is 167 cm³/mol. The number of rotatable bonds is 6. The number of thioether (sulfide) groups is 1. The van der Waals surface area contributed by atoms with Gasteiger partial charge >= 0.3 is 0 Å². The van der Waals surface area contributed by atoms with E-state index in [1.54, 1.807) is 0 Å². The van der Waals surface area contributed by atoms with E-state index >= 15 is 0 Å². The summed E-state index contributed by atoms with van der Waals surface area (Å²) < 4.78 is 0. The summed E-state index contributed by atoms with van der Waals surface area (Å²) in [5.41, 5.74) is 6.09. The number of carbonyl (C=O) groups is 2. The van der Waals surface area contributed by atoms with Crippen LogP contribution in [0.15, 0.2) is 113 Å². The van der Waals surface area contributed by atoms with E-state index in [2.05, 4.69) is 60.4 Å². The van der Waals surface area contributed by atoms with Crippen LogP contribution in [0.2, 0.25) is 0 Å². The molecule has 0 spiro atoms. The van der Waals surface area contributed by atoms with Crippen molar-refractivity contribution in [2.75, 3.05) is 31.1 Å². The van der Waals surface area contributed by atoms with Crippen LogP contribution in [-0.4, -0.2) is 47.8 Å². The van der Waals surface area contributed by atoms with Crippen LogP contribution >= 0.6 is 11.8 Å². The third kappa shape index (κ3) is 6.29. The molecule has 4 aromatic carbocycles. The van der Waals surface area contributed by atoms with Crippen molar-refractivity contribution in [2.24, 2.45) is 0 Å². The van der Waals surface area contributed by atoms with Crippen LogP contribution in [0.3, 0.4) is 0 Å². The quantitative estimate of drug-likeness (QED) is 0.249. The van der Waals surface area contributed by atoms with Gasteiger partial charge in [0.25, 0.3) is 11.8 Å². The zero-order valence-corrected chi connectivity index (χ0v) is 24.0. The highest BCUT2D eigenvalue weighted by Gasteiger charge is 2.29. The number of nitrogens with zero attached hydrogens (tertiary/aromatic N) is 3. The van der Waals surface area contributed by atoms with Crippen LogP contribution < -0.4 is 4.90 Å². The zero-order chi connectivity index (χ0) is 28.2. The van der Waals surface area contributed by atoms with Gasteiger partial charge in [0.2, 0.25) is 0 Å². The molecule has 2 aliphatic heterocycles. The van der Waals surface area contributed by atoms with Crippen LogP contribution in [-0.2, 0) is 17.9 Å². The first-order valence-electron chi connectivity index (χ1n) is 14.0. The molecular weight excluding hydrogens is 526 g/mol. The average molecular weight is 560 g/mol. The molecule has 4 aromatic rings. The van der Waals surface area contributed by atoms with Crippen molar-refractivity contribution in [2.45, 2.75) is 24.9 Å². The molecule has 6 rings (SSSR count). The van der Waals surface area contributed by atoms with Gasteiger partial charge in [-0.1, -0.05) is 96.2 Å². The molecule has 206 valence electrons. The molecule has 0 aliphatic carbocycles. The number of benzene rings is 4. The minimum Gasteiger partial charge on any atom is -0.336 e. The van der Waals surface area contributed by atoms with Crippen molar-refractivity contribution in [1.82, 2.24) is 9.80 Å². The topological polar surface area (TPSA) is 43.9 Å². The molecule has 2 heterocycles. The first-order valence-corrected chi connectivity index (χ1v) is 14.9. The van der Waals surface area contributed by atoms with Crippen molar-refractivity contribution in [3.8, 4) is 0 Å². The van der Waals surface area contributed by atoms with E-state index in [0.29, 0.717) is 17.0 Å². The van der Waals surface area contributed by atoms with Crippen molar-refractivity contribution >= 4 is 35.3 Å². The highest BCUT2D eigenvalue weighted by Crippen LogP contribution is 2.42. The highest BCUT2D eigenvalue weighted by molar-refractivity contribution is 8.04. The van der Waals surface area contributed by atoms with Crippen molar-refractivity contribution in [1.29, 1.82) is 0 Å². The fourth-order valence-corrected chi connectivity index (χ4v) is 6.48. The summed E-state index contributed by atoms with van der Waals surface area (Å²) in [6.45, 7) is 6.67. The van der Waals surface area contributed by atoms with Gasteiger partial charge in [-0.25, -0.2) is 0 Å². The Labute approximate surface area is 246 Å². The molecule has 0 atom stereocenters. The monoisotopic (exact) mass is 559 g/mol. The Morgan fingerprint density at radius 3 is 2.24 bits per heavy atom. The van der Waals surface area contributed by atoms with Gasteiger partial charge in [0, 0.05) is 43.2 Å². The van der Waals surface area contributed by atoms with Crippen molar-refractivity contribution in [3.05, 3.63) is 136 Å². The van der Waals surface area contributed by atoms with Gasteiger partial charge in [-0.05, 0) is 54.0 Å². The normalized spacial score (nSPS) is 16.6. The van der Waals surface area contributed by atoms with Crippen molar-refractivity contribution in [3.63, 3.8) is 0 Å². The molecule has 2 aliphatic rings. The van der Waals surface area contributed by atoms with Gasteiger partial charge in [0.1, 0.15) is 0 Å². The lowest BCUT2D eigenvalue weighted by Crippen LogP contribution is -2.48. The fourth-order valence-electron chi connectivity index (χ4n) is 5.42. The molecule has 5 nitrogen and oxygen atoms in total. The lowest BCUT2D eigenvalue weighted by Gasteiger charge is -2.34. The Morgan fingerprint density at radius 1 is 0.780 bits per heavy atom. The van der Waals surface area contributed by atoms with E-state index in [-0.39, 0.29) is 11.8 Å². The third-order valence-corrected chi connectivity index (χ3v) is 8.70. The smallest absolute Gasteiger partial charge is 0.265 e. The summed E-state index contributed by atoms with van der Waals surface area (Å²) in [4.78, 5) is 34.8. The predicted octanol–water partition coefficient (Wildman–Crippen LogP) is 6.63. The number of carbonyl (C=O) groups excluding carboxylic acids is 2. The molecule has 2 amide bonds. The SMILES string of the molecule is Cc1cccc(CN2C(=O)C(=Cc3ccc(C(=O)N4CCN(Cc5ccccc5)CC4)cc3)Sc3ccccc32)c1. The number of hydrogen-bond acceptors (Lipinski definition) is 4. The Balaban J connectivity index is 1.13. The van der Waals surface area contributed by atoms with E-state index in [4.69, 9.17) is 0 Å². The second-order valence-electron chi connectivity index (χ2n) is 10.6. The van der Waals surface area contributed by atoms with Gasteiger partial charge in [0.05, 0.1) is 17.1 Å². The van der Waals surface area contributed by atoms with Gasteiger partial charge in [-0.2, -0.15) is 0 Å². The van der Waals surface area contributed by atoms with Crippen molar-refractivity contribution < 1.29 is 9.59 Å². The van der Waals surface area contributed by atoms with Gasteiger partial charge < -0.3 is 9.80 Å². The lowest BCUT2D eigenvalue weighted by molar-refractivity contribution is -0.114. The van der Waals surface area contributed by atoms with E-state index in [0.717, 1.165) is 54.4 Å². The molecule has 6 heteroatoms. The molecule has 0 radical (unpaired) electrons. The second-order valence-corrected chi connectivity index (χ2v) is 11.7. The van der Waals surface area contributed by atoms with E-state index in [1.807, 2.05) is 70.5 Å². The maximum Gasteiger partial charge on any atom is 0.265 e. The molecular formula is C35H33N3O2S. The maximum absolute atomic E-state index is 13.7. The molecule has 0 unspecified atom stereocenters. The Bertz CT molecular complexity index is 1570. The first-order chi connectivity index (χ1) is 20.0. The van der Waals surface area contributed by atoms with Gasteiger partial charge in [0.15, 0.2) is 0 Å². The summed E-state index contributed by atoms with van der Waals surface area (Å²) in [6.07, 6.45) is 1.93. The Hall–Kier alpha value is -4.13. The molecule has 41 heavy (non-hydrogen) atoms. The Kier molecular flexibility index (Phi) is 8.03. The van der Waals surface area contributed by atoms with E-state index < -0.39 is 0 Å². The minimum absolute atomic E-state index is 0.0104. The fraction of sp³-hybridized carbons (Fsp3) is 0.200. The summed E-state index contributed by atoms with van der Waals surface area (Å²) in [7, 11) is 0.